The predicted octanol–water partition coefficient (Wildman–Crippen LogP) is 4.96. The highest BCUT2D eigenvalue weighted by atomic mass is 32.1. The molecule has 8 heteroatoms. The number of hydrogen-bond donors (Lipinski definition) is 1. The maximum absolute atomic E-state index is 4.99. The molecule has 0 aliphatic carbocycles. The number of imidazole rings is 2. The van der Waals surface area contributed by atoms with Crippen molar-refractivity contribution in [3.05, 3.63) is 70.3 Å². The van der Waals surface area contributed by atoms with E-state index in [-0.39, 0.29) is 0 Å². The standard InChI is InChI=1S/C24H23N7S/c1-5-25-23(20-14(2)6-7-17(28-20)19-12-27-15(3)31(19)4)24-29-18-8-10-26-21(22(18)30-24)16-9-11-32-13-16/h6-13H,5H2,1-4H3,(H,29,30). The van der Waals surface area contributed by atoms with E-state index in [1.807, 2.05) is 62.3 Å². The van der Waals surface area contributed by atoms with Crippen LogP contribution in [0, 0.1) is 13.8 Å². The average Bonchev–Trinajstić information content (AvgIpc) is 3.54. The van der Waals surface area contributed by atoms with Crippen molar-refractivity contribution in [2.75, 3.05) is 6.54 Å². The molecule has 7 nitrogen and oxygen atoms in total. The zero-order valence-electron chi connectivity index (χ0n) is 18.4. The molecule has 0 fully saturated rings. The second-order valence-corrected chi connectivity index (χ2v) is 8.37. The Kier molecular flexibility index (Phi) is 5.14. The van der Waals surface area contributed by atoms with Crippen LogP contribution in [0.3, 0.4) is 0 Å². The summed E-state index contributed by atoms with van der Waals surface area (Å²) in [6.07, 6.45) is 3.66. The van der Waals surface area contributed by atoms with Gasteiger partial charge in [0.05, 0.1) is 34.5 Å². The molecule has 0 aromatic carbocycles. The van der Waals surface area contributed by atoms with Crippen molar-refractivity contribution in [1.29, 1.82) is 0 Å². The summed E-state index contributed by atoms with van der Waals surface area (Å²) in [7, 11) is 2.00. The quantitative estimate of drug-likeness (QED) is 0.391. The number of thiophene rings is 1. The number of aromatic nitrogens is 6. The van der Waals surface area contributed by atoms with Crippen LogP contribution in [0.25, 0.3) is 33.7 Å². The normalized spacial score (nSPS) is 12.1. The highest BCUT2D eigenvalue weighted by molar-refractivity contribution is 7.08. The SMILES string of the molecule is CCN=C(c1nc2c(-c3ccsc3)nccc2[nH]1)c1nc(-c2cnc(C)n2C)ccc1C. The van der Waals surface area contributed by atoms with Gasteiger partial charge in [0.15, 0.2) is 5.82 Å². The van der Waals surface area contributed by atoms with E-state index in [4.69, 9.17) is 15.0 Å². The van der Waals surface area contributed by atoms with Crippen LogP contribution in [-0.4, -0.2) is 41.7 Å². The largest absolute Gasteiger partial charge is 0.336 e. The molecule has 5 heterocycles. The van der Waals surface area contributed by atoms with Crippen LogP contribution >= 0.6 is 11.3 Å². The molecule has 0 amide bonds. The monoisotopic (exact) mass is 441 g/mol. The summed E-state index contributed by atoms with van der Waals surface area (Å²) in [5, 5.41) is 4.13. The number of aliphatic imine (C=N–C) groups is 1. The van der Waals surface area contributed by atoms with E-state index < -0.39 is 0 Å². The number of fused-ring (bicyclic) bond motifs is 1. The lowest BCUT2D eigenvalue weighted by atomic mass is 10.1. The number of rotatable bonds is 5. The Morgan fingerprint density at radius 1 is 1.12 bits per heavy atom. The molecule has 0 atom stereocenters. The van der Waals surface area contributed by atoms with Crippen LogP contribution in [0.4, 0.5) is 0 Å². The smallest absolute Gasteiger partial charge is 0.159 e. The summed E-state index contributed by atoms with van der Waals surface area (Å²) in [4.78, 5) is 27.2. The second-order valence-electron chi connectivity index (χ2n) is 7.59. The summed E-state index contributed by atoms with van der Waals surface area (Å²) in [6, 6.07) is 8.11. The van der Waals surface area contributed by atoms with E-state index in [1.54, 1.807) is 11.3 Å². The summed E-state index contributed by atoms with van der Waals surface area (Å²) in [5.41, 5.74) is 8.11. The molecule has 0 spiro atoms. The van der Waals surface area contributed by atoms with Gasteiger partial charge in [0, 0.05) is 30.7 Å². The first-order chi connectivity index (χ1) is 15.6. The summed E-state index contributed by atoms with van der Waals surface area (Å²) < 4.78 is 2.04. The summed E-state index contributed by atoms with van der Waals surface area (Å²) >= 11 is 1.65. The predicted molar refractivity (Wildman–Crippen MR) is 129 cm³/mol. The molecule has 0 aliphatic heterocycles. The first kappa shape index (κ1) is 20.3. The zero-order valence-corrected chi connectivity index (χ0v) is 19.2. The fourth-order valence-electron chi connectivity index (χ4n) is 3.73. The maximum atomic E-state index is 4.99. The van der Waals surface area contributed by atoms with Crippen molar-refractivity contribution < 1.29 is 0 Å². The van der Waals surface area contributed by atoms with Crippen molar-refractivity contribution >= 4 is 28.1 Å². The molecule has 0 saturated heterocycles. The third-order valence-electron chi connectivity index (χ3n) is 5.54. The number of nitrogens with zero attached hydrogens (tertiary/aromatic N) is 6. The molecular weight excluding hydrogens is 418 g/mol. The molecule has 32 heavy (non-hydrogen) atoms. The van der Waals surface area contributed by atoms with Gasteiger partial charge in [-0.2, -0.15) is 11.3 Å². The van der Waals surface area contributed by atoms with Crippen molar-refractivity contribution in [3.63, 3.8) is 0 Å². The molecule has 0 saturated carbocycles. The van der Waals surface area contributed by atoms with Gasteiger partial charge in [0.2, 0.25) is 0 Å². The first-order valence-electron chi connectivity index (χ1n) is 10.5. The van der Waals surface area contributed by atoms with Gasteiger partial charge in [-0.05, 0) is 49.9 Å². The molecule has 5 rings (SSSR count). The third kappa shape index (κ3) is 3.42. The summed E-state index contributed by atoms with van der Waals surface area (Å²) in [6.45, 7) is 6.67. The fraction of sp³-hybridized carbons (Fsp3) is 0.208. The van der Waals surface area contributed by atoms with Gasteiger partial charge >= 0.3 is 0 Å². The Morgan fingerprint density at radius 2 is 2.00 bits per heavy atom. The minimum Gasteiger partial charge on any atom is -0.336 e. The highest BCUT2D eigenvalue weighted by Crippen LogP contribution is 2.28. The number of nitrogens with one attached hydrogen (secondary N) is 1. The van der Waals surface area contributed by atoms with Gasteiger partial charge in [0.1, 0.15) is 17.1 Å². The van der Waals surface area contributed by atoms with Gasteiger partial charge in [-0.25, -0.2) is 15.0 Å². The first-order valence-corrected chi connectivity index (χ1v) is 11.4. The highest BCUT2D eigenvalue weighted by Gasteiger charge is 2.19. The molecule has 0 aliphatic rings. The van der Waals surface area contributed by atoms with Crippen LogP contribution in [0.1, 0.15) is 29.8 Å². The van der Waals surface area contributed by atoms with E-state index in [9.17, 15) is 0 Å². The lowest BCUT2D eigenvalue weighted by molar-refractivity contribution is 0.861. The fourth-order valence-corrected chi connectivity index (χ4v) is 4.37. The average molecular weight is 442 g/mol. The minimum atomic E-state index is 0.623. The van der Waals surface area contributed by atoms with E-state index in [1.165, 1.54) is 0 Å². The van der Waals surface area contributed by atoms with Gasteiger partial charge in [-0.3, -0.25) is 9.98 Å². The van der Waals surface area contributed by atoms with Gasteiger partial charge < -0.3 is 9.55 Å². The Balaban J connectivity index is 1.66. The van der Waals surface area contributed by atoms with E-state index in [2.05, 4.69) is 32.5 Å². The second kappa shape index (κ2) is 8.12. The third-order valence-corrected chi connectivity index (χ3v) is 6.22. The van der Waals surface area contributed by atoms with Gasteiger partial charge in [-0.1, -0.05) is 6.07 Å². The van der Waals surface area contributed by atoms with Gasteiger partial charge in [-0.15, -0.1) is 0 Å². The number of H-pyrrole nitrogens is 1. The van der Waals surface area contributed by atoms with Crippen LogP contribution < -0.4 is 0 Å². The molecule has 0 bridgehead atoms. The van der Waals surface area contributed by atoms with Crippen LogP contribution in [0.2, 0.25) is 0 Å². The van der Waals surface area contributed by atoms with E-state index in [0.29, 0.717) is 12.4 Å². The molecule has 5 aromatic rings. The Morgan fingerprint density at radius 3 is 2.72 bits per heavy atom. The van der Waals surface area contributed by atoms with E-state index >= 15 is 0 Å². The van der Waals surface area contributed by atoms with Crippen LogP contribution in [0.5, 0.6) is 0 Å². The zero-order chi connectivity index (χ0) is 22.2. The van der Waals surface area contributed by atoms with Crippen molar-refractivity contribution in [1.82, 2.24) is 29.5 Å². The maximum Gasteiger partial charge on any atom is 0.159 e. The van der Waals surface area contributed by atoms with Crippen LogP contribution in [0.15, 0.2) is 52.4 Å². The Bertz CT molecular complexity index is 1440. The van der Waals surface area contributed by atoms with Crippen molar-refractivity contribution in [3.8, 4) is 22.6 Å². The Labute approximate surface area is 190 Å². The number of hydrogen-bond acceptors (Lipinski definition) is 6. The molecule has 0 radical (unpaired) electrons. The van der Waals surface area contributed by atoms with Crippen molar-refractivity contribution in [2.45, 2.75) is 20.8 Å². The molecule has 1 N–H and O–H groups in total. The molecule has 0 unspecified atom stereocenters. The Hall–Kier alpha value is -3.65. The number of aryl methyl sites for hydroxylation is 2. The van der Waals surface area contributed by atoms with E-state index in [0.717, 1.165) is 56.5 Å². The number of aromatic amines is 1. The van der Waals surface area contributed by atoms with Gasteiger partial charge in [0.25, 0.3) is 0 Å². The van der Waals surface area contributed by atoms with Crippen LogP contribution in [-0.2, 0) is 7.05 Å². The lowest BCUT2D eigenvalue weighted by Gasteiger charge is -2.10. The minimum absolute atomic E-state index is 0.623. The molecule has 160 valence electrons. The number of pyridine rings is 2. The summed E-state index contributed by atoms with van der Waals surface area (Å²) in [5.74, 6) is 1.64. The lowest BCUT2D eigenvalue weighted by Crippen LogP contribution is -2.12. The topological polar surface area (TPSA) is 84.6 Å². The molecular formula is C24H23N7S. The molecule has 5 aromatic heterocycles. The van der Waals surface area contributed by atoms with Crippen molar-refractivity contribution in [2.24, 2.45) is 12.0 Å².